The lowest BCUT2D eigenvalue weighted by Gasteiger charge is -2.03. The van der Waals surface area contributed by atoms with Crippen molar-refractivity contribution in [2.45, 2.75) is 6.10 Å². The van der Waals surface area contributed by atoms with Crippen molar-refractivity contribution in [3.63, 3.8) is 0 Å². The van der Waals surface area contributed by atoms with Gasteiger partial charge in [0.15, 0.2) is 0 Å². The van der Waals surface area contributed by atoms with Crippen molar-refractivity contribution in [2.75, 3.05) is 0 Å². The number of nitriles is 1. The Kier molecular flexibility index (Phi) is 1.46. The number of rotatable bonds is 0. The first-order valence-electron chi connectivity index (χ1n) is 3.72. The Bertz CT molecular complexity index is 387. The molecule has 1 aromatic rings. The number of fused-ring (bicyclic) bond motifs is 1. The predicted octanol–water partition coefficient (Wildman–Crippen LogP) is 1.62. The van der Waals surface area contributed by atoms with Gasteiger partial charge in [-0.05, 0) is 17.2 Å². The third kappa shape index (κ3) is 0.843. The molecule has 0 bridgehead atoms. The van der Waals surface area contributed by atoms with E-state index in [9.17, 15) is 5.11 Å². The van der Waals surface area contributed by atoms with Gasteiger partial charge in [-0.3, -0.25) is 0 Å². The van der Waals surface area contributed by atoms with Gasteiger partial charge >= 0.3 is 0 Å². The summed E-state index contributed by atoms with van der Waals surface area (Å²) in [6, 6.07) is 7.46. The van der Waals surface area contributed by atoms with E-state index in [0.29, 0.717) is 5.56 Å². The van der Waals surface area contributed by atoms with E-state index in [2.05, 4.69) is 6.07 Å². The highest BCUT2D eigenvalue weighted by atomic mass is 16.3. The molecule has 2 nitrogen and oxygen atoms in total. The second-order valence-corrected chi connectivity index (χ2v) is 2.72. The van der Waals surface area contributed by atoms with E-state index in [4.69, 9.17) is 5.26 Å². The van der Waals surface area contributed by atoms with Crippen LogP contribution in [0.25, 0.3) is 6.08 Å². The summed E-state index contributed by atoms with van der Waals surface area (Å²) in [4.78, 5) is 0. The number of aliphatic hydroxyl groups excluding tert-OH is 1. The van der Waals surface area contributed by atoms with Crippen LogP contribution in [0, 0.1) is 11.3 Å². The maximum Gasteiger partial charge on any atom is 0.0998 e. The third-order valence-electron chi connectivity index (χ3n) is 2.02. The zero-order chi connectivity index (χ0) is 8.55. The number of benzene rings is 1. The van der Waals surface area contributed by atoms with E-state index < -0.39 is 6.10 Å². The highest BCUT2D eigenvalue weighted by Crippen LogP contribution is 2.29. The number of aliphatic hydroxyl groups is 1. The highest BCUT2D eigenvalue weighted by molar-refractivity contribution is 5.67. The molecule has 1 aliphatic rings. The quantitative estimate of drug-likeness (QED) is 0.621. The molecule has 0 fully saturated rings. The summed E-state index contributed by atoms with van der Waals surface area (Å²) < 4.78 is 0. The van der Waals surface area contributed by atoms with Crippen molar-refractivity contribution >= 4 is 6.08 Å². The van der Waals surface area contributed by atoms with Gasteiger partial charge in [0.1, 0.15) is 0 Å². The van der Waals surface area contributed by atoms with Crippen LogP contribution < -0.4 is 0 Å². The van der Waals surface area contributed by atoms with Crippen LogP contribution >= 0.6 is 0 Å². The van der Waals surface area contributed by atoms with Crippen molar-refractivity contribution in [1.82, 2.24) is 0 Å². The fourth-order valence-electron chi connectivity index (χ4n) is 1.42. The van der Waals surface area contributed by atoms with E-state index in [-0.39, 0.29) is 0 Å². The lowest BCUT2D eigenvalue weighted by molar-refractivity contribution is 0.232. The molecule has 12 heavy (non-hydrogen) atoms. The smallest absolute Gasteiger partial charge is 0.0998 e. The lowest BCUT2D eigenvalue weighted by atomic mass is 10.0. The van der Waals surface area contributed by atoms with Crippen LogP contribution in [0.4, 0.5) is 0 Å². The average Bonchev–Trinajstić information content (AvgIpc) is 2.48. The molecule has 1 aromatic carbocycles. The van der Waals surface area contributed by atoms with Crippen LogP contribution in [0.2, 0.25) is 0 Å². The molecule has 0 amide bonds. The van der Waals surface area contributed by atoms with Gasteiger partial charge in [0.25, 0.3) is 0 Å². The fourth-order valence-corrected chi connectivity index (χ4v) is 1.42. The summed E-state index contributed by atoms with van der Waals surface area (Å²) in [7, 11) is 0. The number of hydrogen-bond donors (Lipinski definition) is 1. The molecule has 1 unspecified atom stereocenters. The van der Waals surface area contributed by atoms with E-state index >= 15 is 0 Å². The molecule has 1 N–H and O–H groups in total. The molecular formula is C10H7NO. The molecule has 0 aliphatic heterocycles. The van der Waals surface area contributed by atoms with Gasteiger partial charge in [0.05, 0.1) is 17.7 Å². The molecule has 0 spiro atoms. The second-order valence-electron chi connectivity index (χ2n) is 2.72. The Balaban J connectivity index is 2.67. The Morgan fingerprint density at radius 3 is 3.00 bits per heavy atom. The Morgan fingerprint density at radius 1 is 1.42 bits per heavy atom. The zero-order valence-electron chi connectivity index (χ0n) is 6.36. The van der Waals surface area contributed by atoms with Crippen molar-refractivity contribution in [2.24, 2.45) is 0 Å². The summed E-state index contributed by atoms with van der Waals surface area (Å²) >= 11 is 0. The average molecular weight is 157 g/mol. The molecular weight excluding hydrogens is 150 g/mol. The van der Waals surface area contributed by atoms with Gasteiger partial charge in [-0.15, -0.1) is 0 Å². The van der Waals surface area contributed by atoms with E-state index in [1.54, 1.807) is 24.3 Å². The molecule has 58 valence electrons. The SMILES string of the molecule is N#Cc1cccc2c1C=CC2O. The number of nitrogens with zero attached hydrogens (tertiary/aromatic N) is 1. The van der Waals surface area contributed by atoms with Crippen LogP contribution in [0.1, 0.15) is 22.8 Å². The van der Waals surface area contributed by atoms with E-state index in [1.165, 1.54) is 0 Å². The molecule has 2 rings (SSSR count). The van der Waals surface area contributed by atoms with Crippen LogP contribution in [0.15, 0.2) is 24.3 Å². The molecule has 0 saturated carbocycles. The van der Waals surface area contributed by atoms with Gasteiger partial charge < -0.3 is 5.11 Å². The summed E-state index contributed by atoms with van der Waals surface area (Å²) in [6.45, 7) is 0. The monoisotopic (exact) mass is 157 g/mol. The first-order valence-corrected chi connectivity index (χ1v) is 3.72. The van der Waals surface area contributed by atoms with Gasteiger partial charge in [0, 0.05) is 0 Å². The third-order valence-corrected chi connectivity index (χ3v) is 2.02. The standard InChI is InChI=1S/C10H7NO/c11-6-7-2-1-3-9-8(7)4-5-10(9)12/h1-5,10,12H. The van der Waals surface area contributed by atoms with Crippen LogP contribution in [-0.4, -0.2) is 5.11 Å². The molecule has 0 heterocycles. The summed E-state index contributed by atoms with van der Waals surface area (Å²) in [5.41, 5.74) is 2.31. The molecule has 1 atom stereocenters. The van der Waals surface area contributed by atoms with Crippen LogP contribution in [-0.2, 0) is 0 Å². The normalized spacial score (nSPS) is 18.8. The van der Waals surface area contributed by atoms with Crippen LogP contribution in [0.3, 0.4) is 0 Å². The zero-order valence-corrected chi connectivity index (χ0v) is 6.36. The molecule has 2 heteroatoms. The predicted molar refractivity (Wildman–Crippen MR) is 45.2 cm³/mol. The van der Waals surface area contributed by atoms with Crippen molar-refractivity contribution in [3.05, 3.63) is 41.0 Å². The van der Waals surface area contributed by atoms with Gasteiger partial charge in [-0.1, -0.05) is 24.3 Å². The van der Waals surface area contributed by atoms with E-state index in [0.717, 1.165) is 11.1 Å². The maximum absolute atomic E-state index is 9.41. The summed E-state index contributed by atoms with van der Waals surface area (Å²) in [6.07, 6.45) is 2.94. The first kappa shape index (κ1) is 7.08. The van der Waals surface area contributed by atoms with Gasteiger partial charge in [0.2, 0.25) is 0 Å². The lowest BCUT2D eigenvalue weighted by Crippen LogP contribution is -1.91. The molecule has 0 saturated heterocycles. The minimum Gasteiger partial charge on any atom is -0.384 e. The Morgan fingerprint density at radius 2 is 2.25 bits per heavy atom. The van der Waals surface area contributed by atoms with Crippen molar-refractivity contribution in [3.8, 4) is 6.07 Å². The van der Waals surface area contributed by atoms with Crippen molar-refractivity contribution < 1.29 is 5.11 Å². The van der Waals surface area contributed by atoms with Crippen molar-refractivity contribution in [1.29, 1.82) is 5.26 Å². The Labute approximate surface area is 70.4 Å². The number of hydrogen-bond acceptors (Lipinski definition) is 2. The maximum atomic E-state index is 9.41. The Hall–Kier alpha value is -1.59. The summed E-state index contributed by atoms with van der Waals surface area (Å²) in [5.74, 6) is 0. The fraction of sp³-hybridized carbons (Fsp3) is 0.100. The van der Waals surface area contributed by atoms with Crippen LogP contribution in [0.5, 0.6) is 0 Å². The first-order chi connectivity index (χ1) is 5.83. The van der Waals surface area contributed by atoms with Gasteiger partial charge in [-0.25, -0.2) is 0 Å². The highest BCUT2D eigenvalue weighted by Gasteiger charge is 2.16. The minimum atomic E-state index is -0.534. The van der Waals surface area contributed by atoms with Gasteiger partial charge in [-0.2, -0.15) is 5.26 Å². The largest absolute Gasteiger partial charge is 0.384 e. The van der Waals surface area contributed by atoms with E-state index in [1.807, 2.05) is 6.07 Å². The molecule has 1 aliphatic carbocycles. The molecule has 0 radical (unpaired) electrons. The summed E-state index contributed by atoms with van der Waals surface area (Å²) in [5, 5.41) is 18.1. The topological polar surface area (TPSA) is 44.0 Å². The molecule has 0 aromatic heterocycles. The minimum absolute atomic E-state index is 0.534. The second kappa shape index (κ2) is 2.47.